The molecule has 40 heavy (non-hydrogen) atoms. The number of amides is 1. The molecule has 0 heterocycles. The van der Waals surface area contributed by atoms with Crippen LogP contribution in [-0.4, -0.2) is 35.1 Å². The van der Waals surface area contributed by atoms with Gasteiger partial charge in [-0.25, -0.2) is 0 Å². The monoisotopic (exact) mass is 554 g/mol. The lowest BCUT2D eigenvalue weighted by atomic mass is 9.99. The van der Waals surface area contributed by atoms with Crippen molar-refractivity contribution >= 4 is 23.2 Å². The van der Waals surface area contributed by atoms with E-state index in [1.54, 1.807) is 0 Å². The number of aryl methyl sites for hydroxylation is 1. The van der Waals surface area contributed by atoms with Crippen LogP contribution in [0, 0.1) is 0 Å². The molecule has 0 saturated carbocycles. The Bertz CT molecular complexity index is 1400. The smallest absolute Gasteiger partial charge is 0.262 e. The molecule has 0 radical (unpaired) electrons. The van der Waals surface area contributed by atoms with E-state index in [0.717, 1.165) is 43.5 Å². The van der Waals surface area contributed by atoms with E-state index in [9.17, 15) is 9.90 Å². The van der Waals surface area contributed by atoms with Gasteiger partial charge in [-0.1, -0.05) is 78.3 Å². The number of ether oxygens (including phenoxy) is 1. The second kappa shape index (κ2) is 13.6. The minimum absolute atomic E-state index is 0.0525. The van der Waals surface area contributed by atoms with Crippen LogP contribution in [0.5, 0.6) is 5.75 Å². The summed E-state index contributed by atoms with van der Waals surface area (Å²) in [5.74, 6) is 0.499. The van der Waals surface area contributed by atoms with Crippen molar-refractivity contribution in [3.05, 3.63) is 130 Å². The summed E-state index contributed by atoms with van der Waals surface area (Å²) in [7, 11) is 0. The summed E-state index contributed by atoms with van der Waals surface area (Å²) in [6.45, 7) is 1.20. The number of nitrogens with zero attached hydrogens (tertiary/aromatic N) is 1. The molecule has 1 aliphatic rings. The van der Waals surface area contributed by atoms with Crippen LogP contribution in [0.15, 0.2) is 103 Å². The number of carbonyl (C=O) groups is 1. The zero-order valence-electron chi connectivity index (χ0n) is 22.5. The van der Waals surface area contributed by atoms with Gasteiger partial charge < -0.3 is 15.2 Å². The van der Waals surface area contributed by atoms with E-state index >= 15 is 0 Å². The topological polar surface area (TPSA) is 61.8 Å². The van der Waals surface area contributed by atoms with E-state index < -0.39 is 6.10 Å². The number of benzene rings is 4. The summed E-state index contributed by atoms with van der Waals surface area (Å²) in [5.41, 5.74) is 5.34. The molecule has 2 N–H and O–H groups in total. The highest BCUT2D eigenvalue weighted by Crippen LogP contribution is 2.30. The summed E-state index contributed by atoms with van der Waals surface area (Å²) in [6, 6.07) is 33.7. The fourth-order valence-corrected chi connectivity index (χ4v) is 5.59. The highest BCUT2D eigenvalue weighted by Gasteiger charge is 2.26. The third-order valence-corrected chi connectivity index (χ3v) is 7.67. The molecule has 1 aliphatic carbocycles. The van der Waals surface area contributed by atoms with Gasteiger partial charge in [0.1, 0.15) is 5.75 Å². The van der Waals surface area contributed by atoms with Gasteiger partial charge in [0.25, 0.3) is 5.91 Å². The van der Waals surface area contributed by atoms with E-state index in [1.165, 1.54) is 16.7 Å². The Hall–Kier alpha value is -3.64. The third kappa shape index (κ3) is 7.72. The summed E-state index contributed by atoms with van der Waals surface area (Å²) in [5, 5.41) is 14.7. The molecular weight excluding hydrogens is 520 g/mol. The van der Waals surface area contributed by atoms with Crippen molar-refractivity contribution < 1.29 is 14.6 Å². The van der Waals surface area contributed by atoms with E-state index in [0.29, 0.717) is 17.3 Å². The van der Waals surface area contributed by atoms with Crippen LogP contribution in [0.2, 0.25) is 5.02 Å². The molecule has 0 bridgehead atoms. The van der Waals surface area contributed by atoms with Gasteiger partial charge in [-0.05, 0) is 84.3 Å². The Kier molecular flexibility index (Phi) is 9.50. The number of carbonyl (C=O) groups excluding carboxylic acids is 1. The largest absolute Gasteiger partial charge is 0.484 e. The molecule has 0 saturated heterocycles. The number of hydrogen-bond donors (Lipinski definition) is 2. The van der Waals surface area contributed by atoms with Crippen molar-refractivity contribution in [1.29, 1.82) is 0 Å². The molecule has 5 rings (SSSR count). The lowest BCUT2D eigenvalue weighted by molar-refractivity contribution is -0.118. The van der Waals surface area contributed by atoms with Crippen molar-refractivity contribution in [3.8, 4) is 5.75 Å². The third-order valence-electron chi connectivity index (χ3n) is 7.43. The van der Waals surface area contributed by atoms with Gasteiger partial charge in [-0.2, -0.15) is 0 Å². The number of hydrogen-bond acceptors (Lipinski definition) is 4. The van der Waals surface area contributed by atoms with Crippen molar-refractivity contribution in [2.45, 2.75) is 44.4 Å². The van der Waals surface area contributed by atoms with Crippen molar-refractivity contribution in [2.75, 3.05) is 18.5 Å². The van der Waals surface area contributed by atoms with Crippen LogP contribution in [-0.2, 0) is 24.2 Å². The average Bonchev–Trinajstić information content (AvgIpc) is 3.19. The SMILES string of the molecule is O=C(COc1ccc2c(c1)CC(N(Cc1ccccc1)C[C@H](O)c1cccc(Cl)c1)CCC2)Nc1ccccc1. The van der Waals surface area contributed by atoms with Gasteiger partial charge in [-0.15, -0.1) is 0 Å². The number of rotatable bonds is 10. The molecule has 0 spiro atoms. The van der Waals surface area contributed by atoms with Gasteiger partial charge in [0, 0.05) is 29.8 Å². The first kappa shape index (κ1) is 27.9. The molecule has 4 aromatic rings. The predicted molar refractivity (Wildman–Crippen MR) is 161 cm³/mol. The zero-order valence-corrected chi connectivity index (χ0v) is 23.3. The van der Waals surface area contributed by atoms with Crippen LogP contribution >= 0.6 is 11.6 Å². The highest BCUT2D eigenvalue weighted by atomic mass is 35.5. The number of para-hydroxylation sites is 1. The maximum absolute atomic E-state index is 12.4. The highest BCUT2D eigenvalue weighted by molar-refractivity contribution is 6.30. The van der Waals surface area contributed by atoms with Crippen molar-refractivity contribution in [1.82, 2.24) is 4.90 Å². The molecule has 1 unspecified atom stereocenters. The molecule has 5 nitrogen and oxygen atoms in total. The van der Waals surface area contributed by atoms with Crippen LogP contribution in [0.1, 0.15) is 41.2 Å². The molecule has 0 aliphatic heterocycles. The van der Waals surface area contributed by atoms with Crippen LogP contribution in [0.4, 0.5) is 5.69 Å². The number of halogens is 1. The molecule has 2 atom stereocenters. The summed E-state index contributed by atoms with van der Waals surface area (Å²) in [6.07, 6.45) is 3.28. The van der Waals surface area contributed by atoms with E-state index in [2.05, 4.69) is 46.6 Å². The van der Waals surface area contributed by atoms with Crippen LogP contribution < -0.4 is 10.1 Å². The lowest BCUT2D eigenvalue weighted by Crippen LogP contribution is -2.39. The molecule has 0 fully saturated rings. The predicted octanol–water partition coefficient (Wildman–Crippen LogP) is 6.84. The van der Waals surface area contributed by atoms with Crippen molar-refractivity contribution in [2.24, 2.45) is 0 Å². The number of fused-ring (bicyclic) bond motifs is 1. The van der Waals surface area contributed by atoms with Gasteiger partial charge in [0.05, 0.1) is 6.10 Å². The van der Waals surface area contributed by atoms with E-state index in [-0.39, 0.29) is 18.6 Å². The maximum atomic E-state index is 12.4. The first-order chi connectivity index (χ1) is 19.5. The quantitative estimate of drug-likeness (QED) is 0.211. The normalized spacial score (nSPS) is 15.6. The molecule has 0 aromatic heterocycles. The first-order valence-electron chi connectivity index (χ1n) is 13.8. The van der Waals surface area contributed by atoms with Gasteiger partial charge in [0.15, 0.2) is 6.61 Å². The fourth-order valence-electron chi connectivity index (χ4n) is 5.39. The van der Waals surface area contributed by atoms with Gasteiger partial charge in [-0.3, -0.25) is 9.69 Å². The molecule has 1 amide bonds. The Labute approximate surface area is 241 Å². The Morgan fingerprint density at radius 3 is 2.50 bits per heavy atom. The molecule has 6 heteroatoms. The van der Waals surface area contributed by atoms with Gasteiger partial charge >= 0.3 is 0 Å². The number of aliphatic hydroxyl groups excluding tert-OH is 1. The standard InChI is InChI=1S/C34H35ClN2O3/c35-29-13-7-12-27(19-29)33(38)23-37(22-25-9-3-1-4-10-25)31-16-8-11-26-17-18-32(21-28(26)20-31)40-24-34(39)36-30-14-5-2-6-15-30/h1-7,9-10,12-15,17-19,21,31,33,38H,8,11,16,20,22-24H2,(H,36,39)/t31?,33-/m0/s1. The summed E-state index contributed by atoms with van der Waals surface area (Å²) >= 11 is 6.22. The van der Waals surface area contributed by atoms with E-state index in [1.807, 2.05) is 66.7 Å². The fraction of sp³-hybridized carbons (Fsp3) is 0.265. The Morgan fingerprint density at radius 2 is 1.73 bits per heavy atom. The maximum Gasteiger partial charge on any atom is 0.262 e. The summed E-state index contributed by atoms with van der Waals surface area (Å²) in [4.78, 5) is 14.8. The summed E-state index contributed by atoms with van der Waals surface area (Å²) < 4.78 is 5.89. The number of nitrogens with one attached hydrogen (secondary N) is 1. The minimum atomic E-state index is -0.650. The average molecular weight is 555 g/mol. The Morgan fingerprint density at radius 1 is 0.950 bits per heavy atom. The molecule has 206 valence electrons. The van der Waals surface area contributed by atoms with Crippen LogP contribution in [0.25, 0.3) is 0 Å². The zero-order chi connectivity index (χ0) is 27.7. The second-order valence-corrected chi connectivity index (χ2v) is 10.8. The first-order valence-corrected chi connectivity index (χ1v) is 14.2. The molecular formula is C34H35ClN2O3. The van der Waals surface area contributed by atoms with Crippen molar-refractivity contribution in [3.63, 3.8) is 0 Å². The lowest BCUT2D eigenvalue weighted by Gasteiger charge is -2.33. The number of aliphatic hydroxyl groups is 1. The van der Waals surface area contributed by atoms with Gasteiger partial charge in [0.2, 0.25) is 0 Å². The minimum Gasteiger partial charge on any atom is -0.484 e. The molecule has 4 aromatic carbocycles. The number of anilines is 1. The second-order valence-electron chi connectivity index (χ2n) is 10.4. The Balaban J connectivity index is 1.30. The van der Waals surface area contributed by atoms with Crippen LogP contribution in [0.3, 0.4) is 0 Å². The van der Waals surface area contributed by atoms with E-state index in [4.69, 9.17) is 16.3 Å².